The van der Waals surface area contributed by atoms with Crippen LogP contribution in [0.5, 0.6) is 5.75 Å². The molecule has 0 fully saturated rings. The lowest BCUT2D eigenvalue weighted by Gasteiger charge is -2.22. The van der Waals surface area contributed by atoms with Gasteiger partial charge in [-0.05, 0) is 35.6 Å². The fraction of sp³-hybridized carbons (Fsp3) is 0.500. The van der Waals surface area contributed by atoms with Gasteiger partial charge in [-0.2, -0.15) is 0 Å². The smallest absolute Gasteiger partial charge is 0.406 e. The Labute approximate surface area is 93.2 Å². The second-order valence-electron chi connectivity index (χ2n) is 4.77. The van der Waals surface area contributed by atoms with Crippen molar-refractivity contribution < 1.29 is 17.9 Å². The van der Waals surface area contributed by atoms with E-state index < -0.39 is 6.36 Å². The number of alkyl halides is 3. The first kappa shape index (κ1) is 12.9. The van der Waals surface area contributed by atoms with Crippen LogP contribution in [0.1, 0.15) is 31.9 Å². The van der Waals surface area contributed by atoms with Crippen molar-refractivity contribution in [2.24, 2.45) is 0 Å². The third-order valence-electron chi connectivity index (χ3n) is 2.24. The molecular formula is C12H15F3O. The largest absolute Gasteiger partial charge is 0.573 e. The molecule has 1 aromatic rings. The van der Waals surface area contributed by atoms with Crippen molar-refractivity contribution in [3.8, 4) is 5.75 Å². The van der Waals surface area contributed by atoms with E-state index in [2.05, 4.69) is 4.74 Å². The summed E-state index contributed by atoms with van der Waals surface area (Å²) in [4.78, 5) is 0. The van der Waals surface area contributed by atoms with Gasteiger partial charge < -0.3 is 4.74 Å². The Morgan fingerprint density at radius 3 is 2.00 bits per heavy atom. The monoisotopic (exact) mass is 232 g/mol. The van der Waals surface area contributed by atoms with Crippen LogP contribution in [-0.2, 0) is 5.41 Å². The van der Waals surface area contributed by atoms with Crippen LogP contribution in [0.15, 0.2) is 18.2 Å². The van der Waals surface area contributed by atoms with Crippen molar-refractivity contribution >= 4 is 0 Å². The minimum atomic E-state index is -4.63. The molecule has 1 aromatic carbocycles. The van der Waals surface area contributed by atoms with E-state index in [0.29, 0.717) is 0 Å². The first-order valence-corrected chi connectivity index (χ1v) is 4.96. The fourth-order valence-corrected chi connectivity index (χ4v) is 1.67. The van der Waals surface area contributed by atoms with Crippen molar-refractivity contribution in [3.05, 3.63) is 29.3 Å². The molecule has 0 saturated heterocycles. The lowest BCUT2D eigenvalue weighted by molar-refractivity contribution is -0.274. The number of ether oxygens (including phenoxy) is 1. The molecule has 0 bridgehead atoms. The molecule has 0 aliphatic carbocycles. The maximum atomic E-state index is 12.0. The average molecular weight is 232 g/mol. The van der Waals surface area contributed by atoms with Crippen LogP contribution in [0, 0.1) is 6.92 Å². The quantitative estimate of drug-likeness (QED) is 0.705. The molecule has 0 radical (unpaired) electrons. The fourth-order valence-electron chi connectivity index (χ4n) is 1.67. The highest BCUT2D eigenvalue weighted by atomic mass is 19.4. The van der Waals surface area contributed by atoms with Crippen LogP contribution in [-0.4, -0.2) is 6.36 Å². The normalized spacial score (nSPS) is 12.7. The topological polar surface area (TPSA) is 9.23 Å². The summed E-state index contributed by atoms with van der Waals surface area (Å²) < 4.78 is 39.8. The molecular weight excluding hydrogens is 217 g/mol. The molecule has 0 spiro atoms. The Morgan fingerprint density at radius 1 is 1.06 bits per heavy atom. The predicted octanol–water partition coefficient (Wildman–Crippen LogP) is 4.19. The van der Waals surface area contributed by atoms with Crippen molar-refractivity contribution in [1.82, 2.24) is 0 Å². The van der Waals surface area contributed by atoms with Gasteiger partial charge in [-0.1, -0.05) is 26.8 Å². The number of rotatable bonds is 1. The Kier molecular flexibility index (Phi) is 3.22. The average Bonchev–Trinajstić information content (AvgIpc) is 1.97. The summed E-state index contributed by atoms with van der Waals surface area (Å²) in [5.74, 6) is -0.169. The van der Waals surface area contributed by atoms with E-state index >= 15 is 0 Å². The van der Waals surface area contributed by atoms with Gasteiger partial charge in [0.1, 0.15) is 5.75 Å². The Balaban J connectivity index is 3.01. The second kappa shape index (κ2) is 4.00. The van der Waals surface area contributed by atoms with Gasteiger partial charge in [-0.25, -0.2) is 0 Å². The van der Waals surface area contributed by atoms with Gasteiger partial charge in [-0.3, -0.25) is 0 Å². The van der Waals surface area contributed by atoms with Crippen LogP contribution >= 0.6 is 0 Å². The van der Waals surface area contributed by atoms with Crippen molar-refractivity contribution in [2.75, 3.05) is 0 Å². The predicted molar refractivity (Wildman–Crippen MR) is 56.6 cm³/mol. The zero-order chi connectivity index (χ0) is 12.6. The molecule has 0 aliphatic heterocycles. The molecule has 16 heavy (non-hydrogen) atoms. The van der Waals surface area contributed by atoms with Gasteiger partial charge in [0, 0.05) is 0 Å². The van der Waals surface area contributed by atoms with Crippen LogP contribution in [0.25, 0.3) is 0 Å². The van der Waals surface area contributed by atoms with E-state index in [1.54, 1.807) is 13.0 Å². The van der Waals surface area contributed by atoms with Crippen molar-refractivity contribution in [2.45, 2.75) is 39.5 Å². The standard InChI is InChI=1S/C12H15F3O/c1-8-7-9(16-12(13,14)15)5-6-10(8)11(2,3)4/h5-7H,1-4H3. The Hall–Kier alpha value is -1.19. The van der Waals surface area contributed by atoms with Crippen LogP contribution in [0.4, 0.5) is 13.2 Å². The summed E-state index contributed by atoms with van der Waals surface area (Å²) in [5, 5.41) is 0. The Bertz CT molecular complexity index is 375. The van der Waals surface area contributed by atoms with Gasteiger partial charge in [0.2, 0.25) is 0 Å². The van der Waals surface area contributed by atoms with E-state index in [0.717, 1.165) is 11.1 Å². The molecule has 1 rings (SSSR count). The summed E-state index contributed by atoms with van der Waals surface area (Å²) in [6, 6.07) is 4.44. The van der Waals surface area contributed by atoms with Crippen molar-refractivity contribution in [3.63, 3.8) is 0 Å². The molecule has 0 unspecified atom stereocenters. The van der Waals surface area contributed by atoms with Crippen molar-refractivity contribution in [1.29, 1.82) is 0 Å². The minimum Gasteiger partial charge on any atom is -0.406 e. The number of aryl methyl sites for hydroxylation is 1. The Morgan fingerprint density at radius 2 is 1.62 bits per heavy atom. The molecule has 0 aromatic heterocycles. The summed E-state index contributed by atoms with van der Waals surface area (Å²) in [6.07, 6.45) is -4.63. The van der Waals surface area contributed by atoms with Gasteiger partial charge in [0.15, 0.2) is 0 Å². The maximum Gasteiger partial charge on any atom is 0.573 e. The number of hydrogen-bond acceptors (Lipinski definition) is 1. The summed E-state index contributed by atoms with van der Waals surface area (Å²) in [5.41, 5.74) is 1.73. The van der Waals surface area contributed by atoms with Gasteiger partial charge >= 0.3 is 6.36 Å². The SMILES string of the molecule is Cc1cc(OC(F)(F)F)ccc1C(C)(C)C. The van der Waals surface area contributed by atoms with Crippen LogP contribution in [0.2, 0.25) is 0 Å². The van der Waals surface area contributed by atoms with Gasteiger partial charge in [0.05, 0.1) is 0 Å². The third-order valence-corrected chi connectivity index (χ3v) is 2.24. The molecule has 4 heteroatoms. The zero-order valence-corrected chi connectivity index (χ0v) is 9.77. The molecule has 0 atom stereocenters. The molecule has 1 nitrogen and oxygen atoms in total. The second-order valence-corrected chi connectivity index (χ2v) is 4.77. The van der Waals surface area contributed by atoms with E-state index in [1.807, 2.05) is 20.8 Å². The lowest BCUT2D eigenvalue weighted by Crippen LogP contribution is -2.18. The van der Waals surface area contributed by atoms with Gasteiger partial charge in [-0.15, -0.1) is 13.2 Å². The first-order chi connectivity index (χ1) is 7.09. The summed E-state index contributed by atoms with van der Waals surface area (Å²) in [6.45, 7) is 7.82. The molecule has 0 amide bonds. The maximum absolute atomic E-state index is 12.0. The van der Waals surface area contributed by atoms with Crippen LogP contribution in [0.3, 0.4) is 0 Å². The summed E-state index contributed by atoms with van der Waals surface area (Å²) >= 11 is 0. The third kappa shape index (κ3) is 3.43. The first-order valence-electron chi connectivity index (χ1n) is 4.96. The van der Waals surface area contributed by atoms with Crippen LogP contribution < -0.4 is 4.74 Å². The zero-order valence-electron chi connectivity index (χ0n) is 9.77. The molecule has 0 aliphatic rings. The highest BCUT2D eigenvalue weighted by molar-refractivity contribution is 5.38. The molecule has 0 heterocycles. The molecule has 0 saturated carbocycles. The molecule has 90 valence electrons. The lowest BCUT2D eigenvalue weighted by atomic mass is 9.84. The minimum absolute atomic E-state index is 0.0825. The highest BCUT2D eigenvalue weighted by Gasteiger charge is 2.31. The highest BCUT2D eigenvalue weighted by Crippen LogP contribution is 2.30. The number of benzene rings is 1. The van der Waals surface area contributed by atoms with Gasteiger partial charge in [0.25, 0.3) is 0 Å². The van der Waals surface area contributed by atoms with E-state index in [1.165, 1.54) is 12.1 Å². The van der Waals surface area contributed by atoms with E-state index in [9.17, 15) is 13.2 Å². The summed E-state index contributed by atoms with van der Waals surface area (Å²) in [7, 11) is 0. The van der Waals surface area contributed by atoms with E-state index in [-0.39, 0.29) is 11.2 Å². The molecule has 0 N–H and O–H groups in total. The number of halogens is 3. The van der Waals surface area contributed by atoms with E-state index in [4.69, 9.17) is 0 Å². The number of hydrogen-bond donors (Lipinski definition) is 0.